The van der Waals surface area contributed by atoms with Gasteiger partial charge in [0.25, 0.3) is 0 Å². The van der Waals surface area contributed by atoms with Crippen LogP contribution in [0.25, 0.3) is 0 Å². The van der Waals surface area contributed by atoms with Crippen LogP contribution >= 0.6 is 11.8 Å². The average Bonchev–Trinajstić information content (AvgIpc) is 2.58. The van der Waals surface area contributed by atoms with E-state index in [1.165, 1.54) is 17.8 Å². The molecular formula is C19H19F2NO3S. The first-order valence-electron chi connectivity index (χ1n) is 8.06. The first-order valence-corrected chi connectivity index (χ1v) is 9.04. The normalized spacial score (nSPS) is 18.0. The van der Waals surface area contributed by atoms with Crippen molar-refractivity contribution >= 4 is 23.3 Å². The molecule has 0 radical (unpaired) electrons. The van der Waals surface area contributed by atoms with E-state index in [1.54, 1.807) is 6.92 Å². The SMILES string of the molecule is C#CCO/N=C(\C)C1=C(O)CC(CCSc2ccc(F)c(F)c2)CC1=O. The fourth-order valence-corrected chi connectivity index (χ4v) is 3.75. The van der Waals surface area contributed by atoms with E-state index >= 15 is 0 Å². The first kappa shape index (κ1) is 20.0. The number of oxime groups is 1. The predicted molar refractivity (Wildman–Crippen MR) is 97.0 cm³/mol. The quantitative estimate of drug-likeness (QED) is 0.253. The van der Waals surface area contributed by atoms with Gasteiger partial charge in [0.1, 0.15) is 5.76 Å². The van der Waals surface area contributed by atoms with Crippen LogP contribution in [0.4, 0.5) is 8.78 Å². The van der Waals surface area contributed by atoms with Gasteiger partial charge in [0, 0.05) is 17.7 Å². The Bertz CT molecular complexity index is 783. The number of carbonyl (C=O) groups excluding carboxylic acids is 1. The second kappa shape index (κ2) is 9.39. The highest BCUT2D eigenvalue weighted by Crippen LogP contribution is 2.31. The molecule has 1 N–H and O–H groups in total. The molecular weight excluding hydrogens is 360 g/mol. The van der Waals surface area contributed by atoms with Crippen LogP contribution in [-0.2, 0) is 9.63 Å². The number of hydrogen-bond acceptors (Lipinski definition) is 5. The smallest absolute Gasteiger partial charge is 0.177 e. The van der Waals surface area contributed by atoms with Gasteiger partial charge in [-0.3, -0.25) is 4.79 Å². The molecule has 1 aliphatic carbocycles. The lowest BCUT2D eigenvalue weighted by Crippen LogP contribution is -2.24. The lowest BCUT2D eigenvalue weighted by atomic mass is 9.84. The van der Waals surface area contributed by atoms with E-state index in [-0.39, 0.29) is 29.6 Å². The number of aliphatic hydroxyl groups is 1. The van der Waals surface area contributed by atoms with Crippen LogP contribution in [0.15, 0.2) is 39.6 Å². The van der Waals surface area contributed by atoms with Gasteiger partial charge >= 0.3 is 0 Å². The minimum absolute atomic E-state index is 0.00497. The van der Waals surface area contributed by atoms with Crippen LogP contribution in [0.3, 0.4) is 0 Å². The fourth-order valence-electron chi connectivity index (χ4n) is 2.71. The molecule has 0 saturated carbocycles. The zero-order valence-electron chi connectivity index (χ0n) is 14.3. The molecule has 26 heavy (non-hydrogen) atoms. The van der Waals surface area contributed by atoms with Gasteiger partial charge in [-0.25, -0.2) is 8.78 Å². The van der Waals surface area contributed by atoms with E-state index in [2.05, 4.69) is 11.1 Å². The van der Waals surface area contributed by atoms with Crippen LogP contribution in [0, 0.1) is 29.9 Å². The third-order valence-electron chi connectivity index (χ3n) is 3.92. The molecule has 0 amide bonds. The Labute approximate surface area is 155 Å². The lowest BCUT2D eigenvalue weighted by molar-refractivity contribution is -0.116. The number of nitrogens with zero attached hydrogens (tertiary/aromatic N) is 1. The Morgan fingerprint density at radius 2 is 2.19 bits per heavy atom. The topological polar surface area (TPSA) is 58.9 Å². The van der Waals surface area contributed by atoms with E-state index in [1.807, 2.05) is 0 Å². The Morgan fingerprint density at radius 1 is 1.42 bits per heavy atom. The summed E-state index contributed by atoms with van der Waals surface area (Å²) in [5.41, 5.74) is 0.490. The molecule has 0 aromatic heterocycles. The molecule has 1 aromatic carbocycles. The second-order valence-electron chi connectivity index (χ2n) is 5.89. The summed E-state index contributed by atoms with van der Waals surface area (Å²) in [5.74, 6) is 0.924. The maximum Gasteiger partial charge on any atom is 0.177 e. The van der Waals surface area contributed by atoms with E-state index in [0.717, 1.165) is 12.1 Å². The fraction of sp³-hybridized carbons (Fsp3) is 0.368. The Morgan fingerprint density at radius 3 is 2.85 bits per heavy atom. The summed E-state index contributed by atoms with van der Waals surface area (Å²) in [6.07, 6.45) is 6.37. The van der Waals surface area contributed by atoms with Crippen molar-refractivity contribution in [2.75, 3.05) is 12.4 Å². The molecule has 2 rings (SSSR count). The number of aliphatic hydroxyl groups excluding tert-OH is 1. The van der Waals surface area contributed by atoms with Crippen molar-refractivity contribution in [3.63, 3.8) is 0 Å². The van der Waals surface area contributed by atoms with Gasteiger partial charge < -0.3 is 9.94 Å². The van der Waals surface area contributed by atoms with Crippen molar-refractivity contribution in [1.29, 1.82) is 0 Å². The minimum atomic E-state index is -0.880. The third kappa shape index (κ3) is 5.33. The highest BCUT2D eigenvalue weighted by molar-refractivity contribution is 7.99. The van der Waals surface area contributed by atoms with Gasteiger partial charge in [-0.1, -0.05) is 11.1 Å². The number of benzene rings is 1. The van der Waals surface area contributed by atoms with E-state index < -0.39 is 11.6 Å². The largest absolute Gasteiger partial charge is 0.511 e. The number of hydrogen-bond donors (Lipinski definition) is 1. The first-order chi connectivity index (χ1) is 12.4. The van der Waals surface area contributed by atoms with Crippen molar-refractivity contribution in [2.24, 2.45) is 11.1 Å². The monoisotopic (exact) mass is 379 g/mol. The van der Waals surface area contributed by atoms with Crippen molar-refractivity contribution in [1.82, 2.24) is 0 Å². The summed E-state index contributed by atoms with van der Waals surface area (Å²) in [6.45, 7) is 1.57. The summed E-state index contributed by atoms with van der Waals surface area (Å²) >= 11 is 1.38. The highest BCUT2D eigenvalue weighted by Gasteiger charge is 2.29. The number of carbonyl (C=O) groups is 1. The Balaban J connectivity index is 1.92. The molecule has 7 heteroatoms. The summed E-state index contributed by atoms with van der Waals surface area (Å²) in [6, 6.07) is 3.76. The van der Waals surface area contributed by atoms with E-state index in [4.69, 9.17) is 11.3 Å². The number of allylic oxidation sites excluding steroid dienone is 2. The third-order valence-corrected chi connectivity index (χ3v) is 4.95. The van der Waals surface area contributed by atoms with Crippen molar-refractivity contribution < 1.29 is 23.5 Å². The van der Waals surface area contributed by atoms with Crippen LogP contribution in [0.5, 0.6) is 0 Å². The molecule has 4 nitrogen and oxygen atoms in total. The van der Waals surface area contributed by atoms with Gasteiger partial charge in [-0.2, -0.15) is 0 Å². The van der Waals surface area contributed by atoms with Crippen molar-refractivity contribution in [3.8, 4) is 12.3 Å². The summed E-state index contributed by atoms with van der Waals surface area (Å²) in [7, 11) is 0. The van der Waals surface area contributed by atoms with Crippen molar-refractivity contribution in [3.05, 3.63) is 41.2 Å². The number of ketones is 1. The maximum atomic E-state index is 13.2. The van der Waals surface area contributed by atoms with Crippen LogP contribution in [0.1, 0.15) is 26.2 Å². The molecule has 1 aliphatic rings. The van der Waals surface area contributed by atoms with Crippen LogP contribution < -0.4 is 0 Å². The maximum absolute atomic E-state index is 13.2. The van der Waals surface area contributed by atoms with Gasteiger partial charge in [0.2, 0.25) is 0 Å². The molecule has 0 saturated heterocycles. The average molecular weight is 379 g/mol. The molecule has 1 atom stereocenters. The molecule has 0 aliphatic heterocycles. The van der Waals surface area contributed by atoms with Crippen LogP contribution in [0.2, 0.25) is 0 Å². The van der Waals surface area contributed by atoms with Gasteiger partial charge in [-0.05, 0) is 43.2 Å². The summed E-state index contributed by atoms with van der Waals surface area (Å²) in [4.78, 5) is 17.8. The number of halogens is 2. The zero-order chi connectivity index (χ0) is 19.1. The summed E-state index contributed by atoms with van der Waals surface area (Å²) in [5, 5.41) is 13.9. The molecule has 0 heterocycles. The molecule has 0 spiro atoms. The van der Waals surface area contributed by atoms with Gasteiger partial charge in [-0.15, -0.1) is 18.2 Å². The van der Waals surface area contributed by atoms with Crippen molar-refractivity contribution in [2.45, 2.75) is 31.1 Å². The van der Waals surface area contributed by atoms with Gasteiger partial charge in [0.05, 0.1) is 11.3 Å². The predicted octanol–water partition coefficient (Wildman–Crippen LogP) is 4.26. The standard InChI is InChI=1S/C19H19F2NO3S/c1-3-7-25-22-12(2)19-17(23)9-13(10-18(19)24)6-8-26-14-4-5-15(20)16(21)11-14/h1,4-5,11,13,23H,6-10H2,2H3/b22-12+. The second-order valence-corrected chi connectivity index (χ2v) is 7.05. The molecule has 1 aromatic rings. The number of thioether (sulfide) groups is 1. The summed E-state index contributed by atoms with van der Waals surface area (Å²) < 4.78 is 26.1. The Hall–Kier alpha value is -2.33. The molecule has 138 valence electrons. The Kier molecular flexibility index (Phi) is 7.22. The van der Waals surface area contributed by atoms with E-state index in [0.29, 0.717) is 35.6 Å². The van der Waals surface area contributed by atoms with E-state index in [9.17, 15) is 18.7 Å². The molecule has 0 bridgehead atoms. The van der Waals surface area contributed by atoms with Crippen LogP contribution in [-0.4, -0.2) is 29.0 Å². The number of rotatable bonds is 7. The van der Waals surface area contributed by atoms with Gasteiger partial charge in [0.15, 0.2) is 24.0 Å². The number of terminal acetylenes is 1. The highest BCUT2D eigenvalue weighted by atomic mass is 32.2. The molecule has 1 unspecified atom stereocenters. The lowest BCUT2D eigenvalue weighted by Gasteiger charge is -2.23. The minimum Gasteiger partial charge on any atom is -0.511 e. The molecule has 0 fully saturated rings. The number of Topliss-reactive ketones (excluding diaryl/α,β-unsaturated/α-hetero) is 1. The zero-order valence-corrected chi connectivity index (χ0v) is 15.1.